The molecule has 24 heavy (non-hydrogen) atoms. The molecule has 3 atom stereocenters. The van der Waals surface area contributed by atoms with Crippen molar-refractivity contribution < 1.29 is 14.9 Å². The number of aromatic amines is 1. The van der Waals surface area contributed by atoms with Gasteiger partial charge in [-0.05, 0) is 15.9 Å². The third kappa shape index (κ3) is 3.07. The van der Waals surface area contributed by atoms with Crippen LogP contribution in [0.2, 0.25) is 0 Å². The van der Waals surface area contributed by atoms with Crippen molar-refractivity contribution in [2.24, 2.45) is 4.99 Å². The molecule has 130 valence electrons. The molecule has 1 aliphatic heterocycles. The molecular formula is C13H17BrN6O4. The Hall–Kier alpha value is -1.82. The van der Waals surface area contributed by atoms with E-state index in [2.05, 4.69) is 36.0 Å². The summed E-state index contributed by atoms with van der Waals surface area (Å²) in [7, 11) is 3.59. The van der Waals surface area contributed by atoms with Crippen molar-refractivity contribution >= 4 is 39.3 Å². The summed E-state index contributed by atoms with van der Waals surface area (Å²) in [5.74, 6) is 0.132. The number of aliphatic imine (C=N–C) groups is 1. The Morgan fingerprint density at radius 1 is 1.58 bits per heavy atom. The first-order valence-corrected chi connectivity index (χ1v) is 8.03. The van der Waals surface area contributed by atoms with Crippen LogP contribution in [0.5, 0.6) is 0 Å². The molecule has 1 aliphatic rings. The number of nitrogens with one attached hydrogen (secondary N) is 1. The van der Waals surface area contributed by atoms with Gasteiger partial charge in [0.05, 0.1) is 19.0 Å². The standard InChI is InChI=1S/C13H17BrN6O4/c1-19(2)5-15-13-16-11-9(12(23)17-13)10(14)18-20(11)8-3-6(22)7(4-21)24-8/h5-8,21-22H,3-4H2,1-2H3,(H,16,17,23)/b15-5+/t6-,7+,8+/m0/s1. The van der Waals surface area contributed by atoms with E-state index in [4.69, 9.17) is 4.74 Å². The molecule has 0 aliphatic carbocycles. The van der Waals surface area contributed by atoms with E-state index >= 15 is 0 Å². The van der Waals surface area contributed by atoms with Crippen LogP contribution in [0.3, 0.4) is 0 Å². The molecule has 1 fully saturated rings. The zero-order valence-electron chi connectivity index (χ0n) is 13.0. The van der Waals surface area contributed by atoms with E-state index in [9.17, 15) is 15.0 Å². The number of hydrogen-bond donors (Lipinski definition) is 3. The second kappa shape index (κ2) is 6.59. The summed E-state index contributed by atoms with van der Waals surface area (Å²) in [5, 5.41) is 23.6. The largest absolute Gasteiger partial charge is 0.394 e. The number of nitrogens with zero attached hydrogens (tertiary/aromatic N) is 5. The smallest absolute Gasteiger partial charge is 0.264 e. The Morgan fingerprint density at radius 3 is 2.96 bits per heavy atom. The predicted molar refractivity (Wildman–Crippen MR) is 89.3 cm³/mol. The molecule has 10 nitrogen and oxygen atoms in total. The summed E-state index contributed by atoms with van der Waals surface area (Å²) in [6, 6.07) is 0. The minimum absolute atomic E-state index is 0.132. The van der Waals surface area contributed by atoms with Gasteiger partial charge in [-0.15, -0.1) is 0 Å². The van der Waals surface area contributed by atoms with Crippen molar-refractivity contribution in [3.63, 3.8) is 0 Å². The molecule has 2 aromatic heterocycles. The monoisotopic (exact) mass is 400 g/mol. The fourth-order valence-corrected chi connectivity index (χ4v) is 2.98. The molecule has 3 rings (SSSR count). The number of aliphatic hydroxyl groups is 2. The van der Waals surface area contributed by atoms with Gasteiger partial charge >= 0.3 is 0 Å². The normalized spacial score (nSPS) is 24.3. The van der Waals surface area contributed by atoms with Gasteiger partial charge in [0, 0.05) is 20.5 Å². The van der Waals surface area contributed by atoms with Gasteiger partial charge in [-0.25, -0.2) is 9.67 Å². The molecule has 0 saturated carbocycles. The molecule has 0 unspecified atom stereocenters. The highest BCUT2D eigenvalue weighted by molar-refractivity contribution is 9.10. The molecule has 0 bridgehead atoms. The number of fused-ring (bicyclic) bond motifs is 1. The number of rotatable bonds is 4. The van der Waals surface area contributed by atoms with Gasteiger partial charge in [0.15, 0.2) is 11.9 Å². The Bertz CT molecular complexity index is 832. The summed E-state index contributed by atoms with van der Waals surface area (Å²) < 4.78 is 7.33. The summed E-state index contributed by atoms with van der Waals surface area (Å²) in [4.78, 5) is 25.0. The lowest BCUT2D eigenvalue weighted by atomic mass is 10.2. The predicted octanol–water partition coefficient (Wildman–Crippen LogP) is -0.256. The summed E-state index contributed by atoms with van der Waals surface area (Å²) in [6.45, 7) is -0.301. The lowest BCUT2D eigenvalue weighted by Gasteiger charge is -2.12. The summed E-state index contributed by atoms with van der Waals surface area (Å²) >= 11 is 3.24. The fourth-order valence-electron chi connectivity index (χ4n) is 2.45. The molecule has 11 heteroatoms. The Morgan fingerprint density at radius 2 is 2.33 bits per heavy atom. The second-order valence-corrected chi connectivity index (χ2v) is 6.40. The zero-order valence-corrected chi connectivity index (χ0v) is 14.6. The first kappa shape index (κ1) is 17.0. The summed E-state index contributed by atoms with van der Waals surface area (Å²) in [5.41, 5.74) is -0.103. The van der Waals surface area contributed by atoms with Crippen LogP contribution in [-0.4, -0.2) is 74.1 Å². The van der Waals surface area contributed by atoms with Gasteiger partial charge in [0.2, 0.25) is 5.95 Å². The van der Waals surface area contributed by atoms with Crippen molar-refractivity contribution in [2.45, 2.75) is 24.9 Å². The van der Waals surface area contributed by atoms with E-state index in [1.165, 1.54) is 11.0 Å². The van der Waals surface area contributed by atoms with Crippen LogP contribution in [0.1, 0.15) is 12.6 Å². The highest BCUT2D eigenvalue weighted by atomic mass is 79.9. The van der Waals surface area contributed by atoms with Crippen molar-refractivity contribution in [3.05, 3.63) is 15.0 Å². The van der Waals surface area contributed by atoms with E-state index in [0.717, 1.165) is 0 Å². The second-order valence-electron chi connectivity index (χ2n) is 5.65. The van der Waals surface area contributed by atoms with E-state index < -0.39 is 18.4 Å². The van der Waals surface area contributed by atoms with Gasteiger partial charge in [-0.3, -0.25) is 9.78 Å². The lowest BCUT2D eigenvalue weighted by molar-refractivity contribution is -0.0471. The molecule has 3 N–H and O–H groups in total. The zero-order chi connectivity index (χ0) is 17.4. The molecule has 0 radical (unpaired) electrons. The van der Waals surface area contributed by atoms with E-state index in [0.29, 0.717) is 4.60 Å². The molecule has 2 aromatic rings. The van der Waals surface area contributed by atoms with Crippen LogP contribution in [0.4, 0.5) is 5.95 Å². The maximum Gasteiger partial charge on any atom is 0.264 e. The van der Waals surface area contributed by atoms with Crippen molar-refractivity contribution in [1.82, 2.24) is 24.6 Å². The Balaban J connectivity index is 2.07. The SMILES string of the molecule is CN(C)/C=N/c1nc2c(c(Br)nn2[C@H]2C[C@H](O)[C@@H](CO)O2)c(=O)[nH]1. The highest BCUT2D eigenvalue weighted by Gasteiger charge is 2.36. The maximum absolute atomic E-state index is 12.3. The van der Waals surface area contributed by atoms with Crippen LogP contribution in [0, 0.1) is 0 Å². The third-order valence-electron chi connectivity index (χ3n) is 3.57. The maximum atomic E-state index is 12.3. The Labute approximate surface area is 144 Å². The number of aliphatic hydroxyl groups excluding tert-OH is 2. The number of ether oxygens (including phenoxy) is 1. The minimum Gasteiger partial charge on any atom is -0.394 e. The number of halogens is 1. The first-order valence-electron chi connectivity index (χ1n) is 7.23. The number of H-pyrrole nitrogens is 1. The van der Waals surface area contributed by atoms with Gasteiger partial charge < -0.3 is 19.8 Å². The van der Waals surface area contributed by atoms with Crippen molar-refractivity contribution in [1.29, 1.82) is 0 Å². The molecule has 1 saturated heterocycles. The minimum atomic E-state index is -0.814. The van der Waals surface area contributed by atoms with E-state index in [-0.39, 0.29) is 35.6 Å². The average molecular weight is 401 g/mol. The van der Waals surface area contributed by atoms with Gasteiger partial charge in [0.25, 0.3) is 5.56 Å². The van der Waals surface area contributed by atoms with E-state index in [1.54, 1.807) is 19.0 Å². The van der Waals surface area contributed by atoms with E-state index in [1.807, 2.05) is 0 Å². The van der Waals surface area contributed by atoms with Crippen LogP contribution < -0.4 is 5.56 Å². The van der Waals surface area contributed by atoms with Crippen LogP contribution in [0.25, 0.3) is 11.0 Å². The fraction of sp³-hybridized carbons (Fsp3) is 0.538. The quantitative estimate of drug-likeness (QED) is 0.476. The number of aromatic nitrogens is 4. The highest BCUT2D eigenvalue weighted by Crippen LogP contribution is 2.32. The molecule has 3 heterocycles. The van der Waals surface area contributed by atoms with Gasteiger partial charge in [-0.1, -0.05) is 0 Å². The summed E-state index contributed by atoms with van der Waals surface area (Å²) in [6.07, 6.45) is -0.394. The van der Waals surface area contributed by atoms with Crippen LogP contribution in [0.15, 0.2) is 14.4 Å². The molecule has 0 spiro atoms. The van der Waals surface area contributed by atoms with Crippen LogP contribution in [-0.2, 0) is 4.74 Å². The van der Waals surface area contributed by atoms with Gasteiger partial charge in [-0.2, -0.15) is 10.1 Å². The molecule has 0 aromatic carbocycles. The molecular weight excluding hydrogens is 384 g/mol. The average Bonchev–Trinajstić information content (AvgIpc) is 3.05. The lowest BCUT2D eigenvalue weighted by Crippen LogP contribution is -2.24. The Kier molecular flexibility index (Phi) is 4.67. The third-order valence-corrected chi connectivity index (χ3v) is 4.13. The van der Waals surface area contributed by atoms with Crippen molar-refractivity contribution in [3.8, 4) is 0 Å². The number of hydrogen-bond acceptors (Lipinski definition) is 7. The topological polar surface area (TPSA) is 129 Å². The first-order chi connectivity index (χ1) is 11.4. The van der Waals surface area contributed by atoms with Gasteiger partial charge in [0.1, 0.15) is 16.1 Å². The van der Waals surface area contributed by atoms with Crippen molar-refractivity contribution in [2.75, 3.05) is 20.7 Å². The molecule has 0 amide bonds. The van der Waals surface area contributed by atoms with Crippen LogP contribution >= 0.6 is 15.9 Å².